The summed E-state index contributed by atoms with van der Waals surface area (Å²) in [5.41, 5.74) is 1.68. The Labute approximate surface area is 146 Å². The lowest BCUT2D eigenvalue weighted by atomic mass is 10.1. The van der Waals surface area contributed by atoms with Gasteiger partial charge in [-0.1, -0.05) is 30.3 Å². The minimum atomic E-state index is -0.910. The molecule has 2 N–H and O–H groups in total. The third-order valence-electron chi connectivity index (χ3n) is 3.66. The number of aliphatic carboxylic acids is 1. The molecule has 6 heteroatoms. The van der Waals surface area contributed by atoms with Gasteiger partial charge in [0, 0.05) is 11.4 Å². The highest BCUT2D eigenvalue weighted by molar-refractivity contribution is 7.98. The number of carbonyl (C=O) groups is 1. The van der Waals surface area contributed by atoms with E-state index in [0.717, 1.165) is 16.0 Å². The minimum Gasteiger partial charge on any atom is -0.493 e. The second kappa shape index (κ2) is 8.61. The fourth-order valence-corrected chi connectivity index (χ4v) is 3.05. The molecule has 0 bridgehead atoms. The van der Waals surface area contributed by atoms with Gasteiger partial charge >= 0.3 is 5.97 Å². The summed E-state index contributed by atoms with van der Waals surface area (Å²) in [5.74, 6) is 0.370. The van der Waals surface area contributed by atoms with Gasteiger partial charge in [0.25, 0.3) is 0 Å². The van der Waals surface area contributed by atoms with Crippen LogP contribution < -0.4 is 14.8 Å². The highest BCUT2D eigenvalue weighted by Crippen LogP contribution is 2.34. The first kappa shape index (κ1) is 18.2. The van der Waals surface area contributed by atoms with Crippen LogP contribution in [0.1, 0.15) is 17.2 Å². The van der Waals surface area contributed by atoms with Crippen molar-refractivity contribution in [1.29, 1.82) is 0 Å². The molecule has 0 aliphatic heterocycles. The van der Waals surface area contributed by atoms with Crippen molar-refractivity contribution in [3.63, 3.8) is 0 Å². The van der Waals surface area contributed by atoms with Crippen LogP contribution in [-0.4, -0.2) is 31.6 Å². The first-order chi connectivity index (χ1) is 11.6. The lowest BCUT2D eigenvalue weighted by Crippen LogP contribution is -2.28. The molecule has 0 heterocycles. The number of rotatable bonds is 8. The largest absolute Gasteiger partial charge is 0.493 e. The van der Waals surface area contributed by atoms with Crippen LogP contribution in [0.25, 0.3) is 0 Å². The van der Waals surface area contributed by atoms with E-state index in [-0.39, 0.29) is 0 Å². The average molecular weight is 347 g/mol. The Bertz CT molecular complexity index is 691. The third-order valence-corrected chi connectivity index (χ3v) is 4.48. The van der Waals surface area contributed by atoms with Crippen molar-refractivity contribution in [2.45, 2.75) is 17.5 Å². The molecule has 0 saturated carbocycles. The lowest BCUT2D eigenvalue weighted by molar-refractivity contribution is -0.139. The lowest BCUT2D eigenvalue weighted by Gasteiger charge is -2.18. The molecule has 2 aromatic carbocycles. The maximum absolute atomic E-state index is 11.6. The van der Waals surface area contributed by atoms with E-state index in [1.165, 1.54) is 0 Å². The molecule has 5 nitrogen and oxygen atoms in total. The van der Waals surface area contributed by atoms with E-state index >= 15 is 0 Å². The fourth-order valence-electron chi connectivity index (χ4n) is 2.44. The number of benzene rings is 2. The van der Waals surface area contributed by atoms with Crippen LogP contribution in [0.4, 0.5) is 0 Å². The molecule has 0 aliphatic carbocycles. The number of carboxylic acid groups (broad SMARTS) is 1. The molecule has 0 spiro atoms. The Morgan fingerprint density at radius 2 is 1.79 bits per heavy atom. The normalized spacial score (nSPS) is 11.8. The maximum atomic E-state index is 11.6. The van der Waals surface area contributed by atoms with Crippen molar-refractivity contribution in [2.75, 3.05) is 20.5 Å². The van der Waals surface area contributed by atoms with Crippen molar-refractivity contribution >= 4 is 17.7 Å². The number of methoxy groups -OCH3 is 2. The first-order valence-corrected chi connectivity index (χ1v) is 8.63. The monoisotopic (exact) mass is 347 g/mol. The van der Waals surface area contributed by atoms with E-state index in [1.807, 2.05) is 36.6 Å². The summed E-state index contributed by atoms with van der Waals surface area (Å²) in [6.07, 6.45) is 1.97. The number of hydrogen-bond acceptors (Lipinski definition) is 5. The summed E-state index contributed by atoms with van der Waals surface area (Å²) in [6.45, 7) is 0.405. The van der Waals surface area contributed by atoms with Gasteiger partial charge in [-0.3, -0.25) is 10.1 Å². The highest BCUT2D eigenvalue weighted by Gasteiger charge is 2.20. The molecule has 0 radical (unpaired) electrons. The Balaban J connectivity index is 2.24. The maximum Gasteiger partial charge on any atom is 0.325 e. The first-order valence-electron chi connectivity index (χ1n) is 7.40. The van der Waals surface area contributed by atoms with Gasteiger partial charge in [0.1, 0.15) is 6.04 Å². The molecular formula is C18H21NO4S. The van der Waals surface area contributed by atoms with Crippen LogP contribution in [0.2, 0.25) is 0 Å². The minimum absolute atomic E-state index is 0.405. The smallest absolute Gasteiger partial charge is 0.325 e. The van der Waals surface area contributed by atoms with Gasteiger partial charge in [0.2, 0.25) is 0 Å². The molecular weight excluding hydrogens is 326 g/mol. The van der Waals surface area contributed by atoms with Crippen LogP contribution in [0.5, 0.6) is 11.5 Å². The van der Waals surface area contributed by atoms with Gasteiger partial charge < -0.3 is 14.6 Å². The van der Waals surface area contributed by atoms with Crippen LogP contribution in [0, 0.1) is 0 Å². The van der Waals surface area contributed by atoms with Gasteiger partial charge in [-0.2, -0.15) is 0 Å². The number of ether oxygens (including phenoxy) is 2. The molecule has 0 aromatic heterocycles. The molecule has 0 amide bonds. The molecule has 2 aromatic rings. The Kier molecular flexibility index (Phi) is 6.52. The Hall–Kier alpha value is -2.18. The van der Waals surface area contributed by atoms with Gasteiger partial charge in [-0.15, -0.1) is 11.8 Å². The molecule has 0 fully saturated rings. The molecule has 24 heavy (non-hydrogen) atoms. The topological polar surface area (TPSA) is 67.8 Å². The SMILES string of the molecule is COc1cc(CN[C@H](C(=O)O)c2ccccc2)c(SC)cc1OC. The summed E-state index contributed by atoms with van der Waals surface area (Å²) in [7, 11) is 3.17. The number of hydrogen-bond donors (Lipinski definition) is 2. The van der Waals surface area contributed by atoms with E-state index in [4.69, 9.17) is 9.47 Å². The zero-order valence-corrected chi connectivity index (χ0v) is 14.7. The standard InChI is InChI=1S/C18H21NO4S/c1-22-14-9-13(16(24-3)10-15(14)23-2)11-19-17(18(20)21)12-7-5-4-6-8-12/h4-10,17,19H,11H2,1-3H3,(H,20,21)/t17-/m0/s1. The zero-order valence-electron chi connectivity index (χ0n) is 13.9. The quantitative estimate of drug-likeness (QED) is 0.714. The van der Waals surface area contributed by atoms with Crippen LogP contribution in [0.15, 0.2) is 47.4 Å². The fraction of sp³-hybridized carbons (Fsp3) is 0.278. The predicted molar refractivity (Wildman–Crippen MR) is 95.0 cm³/mol. The van der Waals surface area contributed by atoms with Crippen molar-refractivity contribution in [3.05, 3.63) is 53.6 Å². The number of carboxylic acids is 1. The highest BCUT2D eigenvalue weighted by atomic mass is 32.2. The van der Waals surface area contributed by atoms with Crippen molar-refractivity contribution in [1.82, 2.24) is 5.32 Å². The summed E-state index contributed by atoms with van der Waals surface area (Å²) in [4.78, 5) is 12.6. The molecule has 1 atom stereocenters. The third kappa shape index (κ3) is 4.21. The van der Waals surface area contributed by atoms with Gasteiger partial charge in [0.05, 0.1) is 14.2 Å². The second-order valence-electron chi connectivity index (χ2n) is 5.08. The van der Waals surface area contributed by atoms with Gasteiger partial charge in [-0.25, -0.2) is 0 Å². The summed E-state index contributed by atoms with van der Waals surface area (Å²) < 4.78 is 10.7. The summed E-state index contributed by atoms with van der Waals surface area (Å²) in [6, 6.07) is 12.1. The number of nitrogens with one attached hydrogen (secondary N) is 1. The van der Waals surface area contributed by atoms with Gasteiger partial charge in [0.15, 0.2) is 11.5 Å². The molecule has 0 aliphatic rings. The van der Waals surface area contributed by atoms with Crippen LogP contribution in [-0.2, 0) is 11.3 Å². The molecule has 2 rings (SSSR count). The number of thioether (sulfide) groups is 1. The zero-order chi connectivity index (χ0) is 17.5. The van der Waals surface area contributed by atoms with E-state index in [9.17, 15) is 9.90 Å². The Morgan fingerprint density at radius 3 is 2.33 bits per heavy atom. The summed E-state index contributed by atoms with van der Waals surface area (Å²) >= 11 is 1.58. The summed E-state index contributed by atoms with van der Waals surface area (Å²) in [5, 5.41) is 12.6. The van der Waals surface area contributed by atoms with E-state index < -0.39 is 12.0 Å². The van der Waals surface area contributed by atoms with Crippen molar-refractivity contribution in [2.24, 2.45) is 0 Å². The second-order valence-corrected chi connectivity index (χ2v) is 5.93. The van der Waals surface area contributed by atoms with Crippen molar-refractivity contribution < 1.29 is 19.4 Å². The van der Waals surface area contributed by atoms with Crippen molar-refractivity contribution in [3.8, 4) is 11.5 Å². The van der Waals surface area contributed by atoms with Gasteiger partial charge in [-0.05, 0) is 29.5 Å². The van der Waals surface area contributed by atoms with Crippen LogP contribution in [0.3, 0.4) is 0 Å². The average Bonchev–Trinajstić information content (AvgIpc) is 2.61. The van der Waals surface area contributed by atoms with E-state index in [2.05, 4.69) is 5.32 Å². The van der Waals surface area contributed by atoms with E-state index in [1.54, 1.807) is 38.1 Å². The molecule has 128 valence electrons. The molecule has 0 unspecified atom stereocenters. The van der Waals surface area contributed by atoms with E-state index in [0.29, 0.717) is 18.0 Å². The Morgan fingerprint density at radius 1 is 1.17 bits per heavy atom. The predicted octanol–water partition coefficient (Wildman–Crippen LogP) is 3.34. The molecule has 0 saturated heterocycles. The van der Waals surface area contributed by atoms with Crippen LogP contribution >= 0.6 is 11.8 Å².